The SMILES string of the molecule is CC(C)C[C@H](N)C(=O)OC(C)(C)C.COc1cccc2[nH]c(C(=O)C[C@@H](CC(C)C)C(=O)O)cc12.COc1cccc2[nH]c(C(=O)C[C@@H](CC(C)C)C(=O)OC(C)(C)C)cc12.O=C(O)c1cc2c(O)cccc2[nH]1. The van der Waals surface area contributed by atoms with Gasteiger partial charge in [-0.25, -0.2) is 4.79 Å². The van der Waals surface area contributed by atoms with Gasteiger partial charge in [-0.15, -0.1) is 0 Å². The zero-order valence-electron chi connectivity index (χ0n) is 45.4. The molecular weight excluding hydrogens is 949 g/mol. The summed E-state index contributed by atoms with van der Waals surface area (Å²) in [5.41, 5.74) is 7.90. The van der Waals surface area contributed by atoms with Crippen LogP contribution in [0.5, 0.6) is 17.2 Å². The third kappa shape index (κ3) is 19.4. The highest BCUT2D eigenvalue weighted by molar-refractivity contribution is 6.03. The van der Waals surface area contributed by atoms with E-state index < -0.39 is 41.0 Å². The number of aromatic amines is 3. The molecule has 6 aromatic rings. The summed E-state index contributed by atoms with van der Waals surface area (Å²) in [6.45, 7) is 23.1. The number of ether oxygens (including phenoxy) is 4. The van der Waals surface area contributed by atoms with Crippen LogP contribution >= 0.6 is 0 Å². The van der Waals surface area contributed by atoms with E-state index in [-0.39, 0.29) is 53.7 Å². The van der Waals surface area contributed by atoms with Crippen molar-refractivity contribution in [3.05, 3.63) is 89.9 Å². The second kappa shape index (κ2) is 27.2. The number of esters is 2. The van der Waals surface area contributed by atoms with Gasteiger partial charge in [0.05, 0.1) is 37.4 Å². The van der Waals surface area contributed by atoms with Crippen molar-refractivity contribution in [2.75, 3.05) is 14.2 Å². The summed E-state index contributed by atoms with van der Waals surface area (Å²) in [4.78, 5) is 79.8. The van der Waals surface area contributed by atoms with Crippen LogP contribution in [0.4, 0.5) is 0 Å². The Kier molecular flexibility index (Phi) is 22.5. The average molecular weight is 1030 g/mol. The van der Waals surface area contributed by atoms with Crippen molar-refractivity contribution in [1.29, 1.82) is 0 Å². The number of hydrogen-bond donors (Lipinski definition) is 7. The highest BCUT2D eigenvalue weighted by Crippen LogP contribution is 2.30. The van der Waals surface area contributed by atoms with Crippen molar-refractivity contribution < 1.29 is 63.0 Å². The molecule has 0 radical (unpaired) electrons. The highest BCUT2D eigenvalue weighted by atomic mass is 16.6. The second-order valence-corrected chi connectivity index (χ2v) is 21.5. The first kappa shape index (κ1) is 61.2. The van der Waals surface area contributed by atoms with E-state index in [2.05, 4.69) is 15.0 Å². The van der Waals surface area contributed by atoms with E-state index in [9.17, 15) is 39.0 Å². The normalized spacial score (nSPS) is 12.7. The number of fused-ring (bicyclic) bond motifs is 3. The fraction of sp³-hybridized carbons (Fsp3) is 0.474. The standard InChI is InChI=1S/C21H29NO4.C17H21NO4.C10H21NO2.C9H7NO3/c1-13(2)10-14(20(24)26-21(3,4)5)11-18(23)17-12-15-16(22-17)8-7-9-19(15)25-6;1-10(2)7-11(17(20)21)8-15(19)14-9-12-13(18-14)5-4-6-16(12)22-3;1-7(2)6-8(11)9(12)13-10(3,4)5;11-8-3-1-2-6-5(8)4-7(10-6)9(12)13/h7-9,12-14,22H,10-11H2,1-6H3;4-6,9-11,18H,7-8H2,1-3H3,(H,20,21);7-8H,6,11H2,1-5H3;1-4,10-11H,(H,12,13)/t14-;11-;8-;/m110./s1. The highest BCUT2D eigenvalue weighted by Gasteiger charge is 2.30. The summed E-state index contributed by atoms with van der Waals surface area (Å²) in [7, 11) is 3.18. The number of hydrogen-bond acceptors (Lipinski definition) is 12. The third-order valence-electron chi connectivity index (χ3n) is 11.1. The molecule has 404 valence electrons. The maximum Gasteiger partial charge on any atom is 0.352 e. The predicted octanol–water partition coefficient (Wildman–Crippen LogP) is 11.5. The Labute approximate surface area is 433 Å². The predicted molar refractivity (Wildman–Crippen MR) is 287 cm³/mol. The van der Waals surface area contributed by atoms with Crippen molar-refractivity contribution in [3.63, 3.8) is 0 Å². The molecule has 0 fully saturated rings. The van der Waals surface area contributed by atoms with Gasteiger partial charge in [0.15, 0.2) is 11.6 Å². The van der Waals surface area contributed by atoms with Crippen molar-refractivity contribution in [3.8, 4) is 17.2 Å². The number of aromatic hydroxyl groups is 1. The zero-order chi connectivity index (χ0) is 55.8. The molecule has 8 N–H and O–H groups in total. The molecule has 0 aliphatic heterocycles. The van der Waals surface area contributed by atoms with E-state index in [0.717, 1.165) is 21.8 Å². The van der Waals surface area contributed by atoms with E-state index in [0.29, 0.717) is 64.9 Å². The van der Waals surface area contributed by atoms with Crippen LogP contribution < -0.4 is 15.2 Å². The average Bonchev–Trinajstić information content (AvgIpc) is 4.06. The molecule has 0 saturated carbocycles. The van der Waals surface area contributed by atoms with Gasteiger partial charge in [-0.2, -0.15) is 0 Å². The van der Waals surface area contributed by atoms with Crippen LogP contribution in [0.15, 0.2) is 72.8 Å². The fourth-order valence-electron chi connectivity index (χ4n) is 7.87. The lowest BCUT2D eigenvalue weighted by molar-refractivity contribution is -0.160. The summed E-state index contributed by atoms with van der Waals surface area (Å²) >= 11 is 0. The van der Waals surface area contributed by atoms with E-state index in [4.69, 9.17) is 29.8 Å². The number of carbonyl (C=O) groups is 6. The number of phenols is 1. The number of carboxylic acid groups (broad SMARTS) is 2. The number of Topliss-reactive ketones (excluding diaryl/α,β-unsaturated/α-hetero) is 2. The van der Waals surface area contributed by atoms with Gasteiger partial charge in [-0.1, -0.05) is 59.7 Å². The van der Waals surface area contributed by atoms with Crippen LogP contribution in [0.2, 0.25) is 0 Å². The summed E-state index contributed by atoms with van der Waals surface area (Å²) in [6, 6.07) is 20.5. The number of benzene rings is 3. The van der Waals surface area contributed by atoms with Crippen molar-refractivity contribution >= 4 is 68.2 Å². The van der Waals surface area contributed by atoms with Crippen molar-refractivity contribution in [1.82, 2.24) is 15.0 Å². The Hall–Kier alpha value is -7.14. The van der Waals surface area contributed by atoms with Crippen LogP contribution in [0.1, 0.15) is 147 Å². The number of nitrogens with two attached hydrogens (primary N) is 1. The first-order chi connectivity index (χ1) is 34.4. The number of H-pyrrole nitrogens is 3. The van der Waals surface area contributed by atoms with Gasteiger partial charge in [0.25, 0.3) is 0 Å². The first-order valence-corrected chi connectivity index (χ1v) is 24.8. The molecule has 17 nitrogen and oxygen atoms in total. The number of ketones is 2. The van der Waals surface area contributed by atoms with Crippen LogP contribution in [-0.2, 0) is 23.9 Å². The van der Waals surface area contributed by atoms with Gasteiger partial charge in [-0.05, 0) is 133 Å². The molecule has 3 atom stereocenters. The molecule has 0 amide bonds. The van der Waals surface area contributed by atoms with Crippen molar-refractivity contribution in [2.45, 2.75) is 132 Å². The number of phenolic OH excluding ortho intramolecular Hbond substituents is 1. The van der Waals surface area contributed by atoms with E-state index in [1.54, 1.807) is 38.5 Å². The third-order valence-corrected chi connectivity index (χ3v) is 11.1. The number of aliphatic carboxylic acids is 1. The Morgan fingerprint density at radius 1 is 0.541 bits per heavy atom. The molecule has 3 aromatic heterocycles. The Balaban J connectivity index is 0.000000272. The van der Waals surface area contributed by atoms with E-state index in [1.165, 1.54) is 12.1 Å². The molecule has 0 aliphatic carbocycles. The topological polar surface area (TPSA) is 273 Å². The monoisotopic (exact) mass is 1030 g/mol. The minimum Gasteiger partial charge on any atom is -0.507 e. The summed E-state index contributed by atoms with van der Waals surface area (Å²) in [5.74, 6) is -1.53. The molecule has 0 aliphatic rings. The maximum atomic E-state index is 12.8. The number of methoxy groups -OCH3 is 2. The fourth-order valence-corrected chi connectivity index (χ4v) is 7.87. The smallest absolute Gasteiger partial charge is 0.352 e. The number of aromatic carboxylic acids is 1. The number of aromatic nitrogens is 3. The first-order valence-electron chi connectivity index (χ1n) is 24.8. The number of nitrogens with one attached hydrogen (secondary N) is 3. The summed E-state index contributed by atoms with van der Waals surface area (Å²) in [5, 5.41) is 29.5. The second-order valence-electron chi connectivity index (χ2n) is 21.5. The molecule has 0 bridgehead atoms. The molecule has 6 rings (SSSR count). The molecule has 3 heterocycles. The lowest BCUT2D eigenvalue weighted by Gasteiger charge is -2.24. The van der Waals surface area contributed by atoms with Gasteiger partial charge in [0, 0.05) is 45.6 Å². The molecular formula is C57H78N4O13. The molecule has 74 heavy (non-hydrogen) atoms. The molecule has 0 spiro atoms. The van der Waals surface area contributed by atoms with E-state index in [1.807, 2.05) is 119 Å². The quantitative estimate of drug-likeness (QED) is 0.0312. The van der Waals surface area contributed by atoms with Gasteiger partial charge in [-0.3, -0.25) is 24.0 Å². The van der Waals surface area contributed by atoms with Crippen LogP contribution in [-0.4, -0.2) is 97.2 Å². The van der Waals surface area contributed by atoms with Gasteiger partial charge >= 0.3 is 23.9 Å². The maximum absolute atomic E-state index is 12.8. The Morgan fingerprint density at radius 3 is 1.31 bits per heavy atom. The lowest BCUT2D eigenvalue weighted by atomic mass is 9.91. The summed E-state index contributed by atoms with van der Waals surface area (Å²) in [6.07, 6.45) is 1.91. The zero-order valence-corrected chi connectivity index (χ0v) is 45.4. The Bertz CT molecular complexity index is 2840. The number of carbonyl (C=O) groups excluding carboxylic acids is 4. The largest absolute Gasteiger partial charge is 0.507 e. The molecule has 3 aromatic carbocycles. The van der Waals surface area contributed by atoms with Gasteiger partial charge in [0.1, 0.15) is 40.2 Å². The van der Waals surface area contributed by atoms with Crippen molar-refractivity contribution in [2.24, 2.45) is 35.3 Å². The Morgan fingerprint density at radius 2 is 0.919 bits per heavy atom. The minimum absolute atomic E-state index is 0.00263. The van der Waals surface area contributed by atoms with Crippen LogP contribution in [0.3, 0.4) is 0 Å². The minimum atomic E-state index is -1.03. The van der Waals surface area contributed by atoms with Crippen LogP contribution in [0, 0.1) is 29.6 Å². The van der Waals surface area contributed by atoms with E-state index >= 15 is 0 Å². The molecule has 17 heteroatoms. The van der Waals surface area contributed by atoms with Gasteiger partial charge < -0.3 is 55.0 Å². The molecule has 0 saturated heterocycles. The summed E-state index contributed by atoms with van der Waals surface area (Å²) < 4.78 is 21.3. The number of carboxylic acids is 2. The number of rotatable bonds is 18. The lowest BCUT2D eigenvalue weighted by Crippen LogP contribution is -2.38. The van der Waals surface area contributed by atoms with Crippen LogP contribution in [0.25, 0.3) is 32.7 Å². The molecule has 0 unspecified atom stereocenters. The van der Waals surface area contributed by atoms with Gasteiger partial charge in [0.2, 0.25) is 0 Å².